The lowest BCUT2D eigenvalue weighted by Gasteiger charge is -2.33. The van der Waals surface area contributed by atoms with Gasteiger partial charge in [0.2, 0.25) is 0 Å². The van der Waals surface area contributed by atoms with Gasteiger partial charge in [-0.1, -0.05) is 12.1 Å². The summed E-state index contributed by atoms with van der Waals surface area (Å²) in [5.41, 5.74) is 8.48. The van der Waals surface area contributed by atoms with Crippen LogP contribution in [-0.2, 0) is 7.05 Å². The third-order valence-corrected chi connectivity index (χ3v) is 4.16. The maximum absolute atomic E-state index is 5.76. The van der Waals surface area contributed by atoms with Gasteiger partial charge in [-0.05, 0) is 37.4 Å². The summed E-state index contributed by atoms with van der Waals surface area (Å²) < 4.78 is 2.22. The lowest BCUT2D eigenvalue weighted by atomic mass is 9.96. The first-order valence-electron chi connectivity index (χ1n) is 6.78. The highest BCUT2D eigenvalue weighted by molar-refractivity contribution is 5.92. The van der Waals surface area contributed by atoms with Crippen molar-refractivity contribution in [3.63, 3.8) is 0 Å². The average molecular weight is 243 g/mol. The lowest BCUT2D eigenvalue weighted by molar-refractivity contribution is 0.415. The Balaban J connectivity index is 1.93. The van der Waals surface area contributed by atoms with Gasteiger partial charge in [-0.25, -0.2) is 0 Å². The smallest absolute Gasteiger partial charge is 0.0715 e. The maximum Gasteiger partial charge on any atom is 0.0715 e. The third kappa shape index (κ3) is 1.89. The molecule has 1 aliphatic heterocycles. The summed E-state index contributed by atoms with van der Waals surface area (Å²) in [5, 5.41) is 1.33. The van der Waals surface area contributed by atoms with E-state index in [2.05, 4.69) is 47.0 Å². The molecule has 1 aromatic carbocycles. The van der Waals surface area contributed by atoms with Crippen LogP contribution in [-0.4, -0.2) is 24.2 Å². The van der Waals surface area contributed by atoms with E-state index in [0.29, 0.717) is 5.92 Å². The van der Waals surface area contributed by atoms with E-state index in [9.17, 15) is 0 Å². The first-order chi connectivity index (χ1) is 8.79. The summed E-state index contributed by atoms with van der Waals surface area (Å²) in [7, 11) is 2.12. The molecule has 96 valence electrons. The molecule has 2 N–H and O–H groups in total. The summed E-state index contributed by atoms with van der Waals surface area (Å²) in [6.07, 6.45) is 4.58. The topological polar surface area (TPSA) is 34.2 Å². The molecule has 1 aromatic heterocycles. The van der Waals surface area contributed by atoms with Crippen molar-refractivity contribution in [3.05, 3.63) is 30.5 Å². The Morgan fingerprint density at radius 1 is 1.22 bits per heavy atom. The minimum Gasteiger partial charge on any atom is -0.370 e. The van der Waals surface area contributed by atoms with Crippen LogP contribution in [0.4, 0.5) is 5.69 Å². The number of nitrogens with two attached hydrogens (primary N) is 1. The quantitative estimate of drug-likeness (QED) is 0.878. The van der Waals surface area contributed by atoms with Crippen LogP contribution in [0.5, 0.6) is 0 Å². The number of rotatable bonds is 2. The Kier molecular flexibility index (Phi) is 3.00. The van der Waals surface area contributed by atoms with E-state index in [0.717, 1.165) is 19.6 Å². The fourth-order valence-electron chi connectivity index (χ4n) is 3.00. The highest BCUT2D eigenvalue weighted by atomic mass is 15.1. The van der Waals surface area contributed by atoms with Gasteiger partial charge in [0.1, 0.15) is 0 Å². The second-order valence-electron chi connectivity index (χ2n) is 5.31. The molecule has 3 heteroatoms. The first-order valence-corrected chi connectivity index (χ1v) is 6.78. The molecule has 0 amide bonds. The number of aromatic nitrogens is 1. The average Bonchev–Trinajstić information content (AvgIpc) is 2.81. The molecule has 0 bridgehead atoms. The molecule has 3 nitrogen and oxygen atoms in total. The number of hydrogen-bond acceptors (Lipinski definition) is 2. The van der Waals surface area contributed by atoms with E-state index < -0.39 is 0 Å². The van der Waals surface area contributed by atoms with Gasteiger partial charge in [0.25, 0.3) is 0 Å². The number of benzene rings is 1. The Morgan fingerprint density at radius 3 is 2.72 bits per heavy atom. The van der Waals surface area contributed by atoms with Gasteiger partial charge in [-0.3, -0.25) is 0 Å². The Hall–Kier alpha value is -1.48. The lowest BCUT2D eigenvalue weighted by Crippen LogP contribution is -2.36. The fourth-order valence-corrected chi connectivity index (χ4v) is 3.00. The maximum atomic E-state index is 5.76. The van der Waals surface area contributed by atoms with Crippen molar-refractivity contribution >= 4 is 16.6 Å². The zero-order valence-electron chi connectivity index (χ0n) is 11.0. The van der Waals surface area contributed by atoms with Gasteiger partial charge in [-0.15, -0.1) is 0 Å². The highest BCUT2D eigenvalue weighted by Crippen LogP contribution is 2.30. The van der Waals surface area contributed by atoms with Gasteiger partial charge in [0, 0.05) is 31.7 Å². The number of anilines is 1. The zero-order chi connectivity index (χ0) is 12.5. The second kappa shape index (κ2) is 4.65. The molecule has 0 atom stereocenters. The van der Waals surface area contributed by atoms with Crippen LogP contribution < -0.4 is 10.6 Å². The van der Waals surface area contributed by atoms with E-state index in [1.165, 1.54) is 29.4 Å². The van der Waals surface area contributed by atoms with Crippen molar-refractivity contribution in [3.8, 4) is 0 Å². The Morgan fingerprint density at radius 2 is 2.00 bits per heavy atom. The third-order valence-electron chi connectivity index (χ3n) is 4.16. The summed E-state index contributed by atoms with van der Waals surface area (Å²) in [6, 6.07) is 8.77. The van der Waals surface area contributed by atoms with E-state index in [4.69, 9.17) is 5.73 Å². The molecular formula is C15H21N3. The van der Waals surface area contributed by atoms with Gasteiger partial charge in [0.05, 0.1) is 11.2 Å². The van der Waals surface area contributed by atoms with Gasteiger partial charge in [-0.2, -0.15) is 0 Å². The molecule has 2 aromatic rings. The Labute approximate surface area is 108 Å². The number of aryl methyl sites for hydroxylation is 1. The van der Waals surface area contributed by atoms with Crippen molar-refractivity contribution < 1.29 is 0 Å². The van der Waals surface area contributed by atoms with Crippen LogP contribution in [0.3, 0.4) is 0 Å². The van der Waals surface area contributed by atoms with Gasteiger partial charge < -0.3 is 15.2 Å². The van der Waals surface area contributed by atoms with E-state index in [1.54, 1.807) is 0 Å². The monoisotopic (exact) mass is 243 g/mol. The van der Waals surface area contributed by atoms with E-state index in [-0.39, 0.29) is 0 Å². The van der Waals surface area contributed by atoms with Crippen molar-refractivity contribution in [2.24, 2.45) is 18.7 Å². The number of hydrogen-bond donors (Lipinski definition) is 1. The fraction of sp³-hybridized carbons (Fsp3) is 0.467. The molecule has 3 rings (SSSR count). The largest absolute Gasteiger partial charge is 0.370 e. The van der Waals surface area contributed by atoms with Crippen LogP contribution in [0.25, 0.3) is 10.9 Å². The van der Waals surface area contributed by atoms with Crippen LogP contribution in [0.2, 0.25) is 0 Å². The summed E-state index contributed by atoms with van der Waals surface area (Å²) in [5.74, 6) is 0.717. The number of para-hydroxylation sites is 1. The molecule has 1 aliphatic rings. The van der Waals surface area contributed by atoms with E-state index >= 15 is 0 Å². The van der Waals surface area contributed by atoms with E-state index in [1.807, 2.05) is 0 Å². The van der Waals surface area contributed by atoms with Crippen LogP contribution >= 0.6 is 0 Å². The molecular weight excluding hydrogens is 222 g/mol. The summed E-state index contributed by atoms with van der Waals surface area (Å²) in [4.78, 5) is 2.51. The molecule has 0 radical (unpaired) electrons. The predicted octanol–water partition coefficient (Wildman–Crippen LogP) is 2.35. The Bertz CT molecular complexity index is 536. The molecule has 0 saturated carbocycles. The minimum absolute atomic E-state index is 0.717. The number of nitrogens with zero attached hydrogens (tertiary/aromatic N) is 2. The number of piperidine rings is 1. The summed E-state index contributed by atoms with van der Waals surface area (Å²) in [6.45, 7) is 3.10. The second-order valence-corrected chi connectivity index (χ2v) is 5.31. The number of fused-ring (bicyclic) bond motifs is 1. The molecule has 1 fully saturated rings. The van der Waals surface area contributed by atoms with Crippen LogP contribution in [0.1, 0.15) is 12.8 Å². The van der Waals surface area contributed by atoms with Crippen LogP contribution in [0, 0.1) is 5.92 Å². The minimum atomic E-state index is 0.717. The zero-order valence-corrected chi connectivity index (χ0v) is 11.0. The SMILES string of the molecule is Cn1ccc2cccc(N3CCC(CN)CC3)c21. The summed E-state index contributed by atoms with van der Waals surface area (Å²) >= 11 is 0. The molecule has 0 unspecified atom stereocenters. The van der Waals surface area contributed by atoms with Crippen molar-refractivity contribution in [2.45, 2.75) is 12.8 Å². The van der Waals surface area contributed by atoms with Crippen molar-refractivity contribution in [1.82, 2.24) is 4.57 Å². The normalized spacial score (nSPS) is 17.6. The first kappa shape index (κ1) is 11.6. The van der Waals surface area contributed by atoms with Gasteiger partial charge >= 0.3 is 0 Å². The van der Waals surface area contributed by atoms with Gasteiger partial charge in [0.15, 0.2) is 0 Å². The molecule has 18 heavy (non-hydrogen) atoms. The molecule has 2 heterocycles. The molecule has 0 aliphatic carbocycles. The molecule has 0 spiro atoms. The molecule has 1 saturated heterocycles. The van der Waals surface area contributed by atoms with Crippen LogP contribution in [0.15, 0.2) is 30.5 Å². The highest BCUT2D eigenvalue weighted by Gasteiger charge is 2.20. The predicted molar refractivity (Wildman–Crippen MR) is 76.9 cm³/mol. The van der Waals surface area contributed by atoms with Crippen molar-refractivity contribution in [2.75, 3.05) is 24.5 Å². The standard InChI is InChI=1S/C15H21N3/c1-17-8-7-13-3-2-4-14(15(13)17)18-9-5-12(11-16)6-10-18/h2-4,7-8,12H,5-6,9-11,16H2,1H3. The van der Waals surface area contributed by atoms with Crippen molar-refractivity contribution in [1.29, 1.82) is 0 Å².